The summed E-state index contributed by atoms with van der Waals surface area (Å²) in [5.41, 5.74) is 14.3. The Morgan fingerprint density at radius 2 is 1.16 bits per heavy atom. The Labute approximate surface area is 328 Å². The lowest BCUT2D eigenvalue weighted by Gasteiger charge is -2.08. The fourth-order valence-corrected chi connectivity index (χ4v) is 6.20. The Morgan fingerprint density at radius 3 is 1.64 bits per heavy atom. The lowest BCUT2D eigenvalue weighted by Crippen LogP contribution is -2.13. The predicted molar refractivity (Wildman–Crippen MR) is 201 cm³/mol. The quantitative estimate of drug-likeness (QED) is 0.0978. The summed E-state index contributed by atoms with van der Waals surface area (Å²) in [4.78, 5) is 15.8. The molecule has 0 aliphatic carbocycles. The smallest absolute Gasteiger partial charge is 0.320 e. The minimum atomic E-state index is -0.729. The van der Waals surface area contributed by atoms with E-state index in [0.29, 0.717) is 5.69 Å². The molecule has 5 heterocycles. The van der Waals surface area contributed by atoms with E-state index < -0.39 is 6.01 Å². The van der Waals surface area contributed by atoms with E-state index in [2.05, 4.69) is 60.6 Å². The number of nitrogens with two attached hydrogens (primary N) is 2. The van der Waals surface area contributed by atoms with E-state index in [9.17, 15) is 10.4 Å². The first kappa shape index (κ1) is 36.4. The molecule has 7 aromatic rings. The van der Waals surface area contributed by atoms with Crippen molar-refractivity contribution in [3.05, 3.63) is 97.3 Å². The van der Waals surface area contributed by atoms with Crippen LogP contribution in [0.25, 0.3) is 28.1 Å². The monoisotopic (exact) mass is 813 g/mol. The number of nitrogens with zero attached hydrogens (tertiary/aromatic N) is 17. The molecule has 0 bridgehead atoms. The van der Waals surface area contributed by atoms with E-state index in [1.807, 2.05) is 6.07 Å². The second-order valence-corrected chi connectivity index (χ2v) is 12.6. The molecule has 0 atom stereocenters. The molecule has 0 saturated carbocycles. The van der Waals surface area contributed by atoms with Crippen molar-refractivity contribution in [3.63, 3.8) is 0 Å². The zero-order chi connectivity index (χ0) is 39.1. The van der Waals surface area contributed by atoms with Crippen LogP contribution in [0.5, 0.6) is 6.01 Å². The van der Waals surface area contributed by atoms with Crippen molar-refractivity contribution in [3.8, 4) is 35.4 Å². The first-order valence-corrected chi connectivity index (χ1v) is 16.7. The summed E-state index contributed by atoms with van der Waals surface area (Å²) in [6.45, 7) is 10.8. The van der Waals surface area contributed by atoms with Gasteiger partial charge in [0.05, 0.1) is 50.4 Å². The minimum Gasteiger partial charge on any atom is -0.479 e. The highest BCUT2D eigenvalue weighted by Crippen LogP contribution is 2.39. The molecule has 0 spiro atoms. The zero-order valence-corrected chi connectivity index (χ0v) is 30.9. The predicted octanol–water partition coefficient (Wildman–Crippen LogP) is 7.97. The molecule has 5 aromatic heterocycles. The maximum Gasteiger partial charge on any atom is 0.320 e. The fraction of sp³-hybridized carbons (Fsp3) is 0.0645. The van der Waals surface area contributed by atoms with Crippen LogP contribution in [0.15, 0.2) is 69.2 Å². The molecule has 0 aliphatic rings. The van der Waals surface area contributed by atoms with Crippen molar-refractivity contribution in [1.82, 2.24) is 54.1 Å². The molecule has 20 nitrogen and oxygen atoms in total. The van der Waals surface area contributed by atoms with Crippen molar-refractivity contribution in [2.75, 3.05) is 11.5 Å². The van der Waals surface area contributed by atoms with Crippen molar-refractivity contribution in [2.24, 2.45) is 20.5 Å². The summed E-state index contributed by atoms with van der Waals surface area (Å²) in [5, 5.41) is 55.5. The van der Waals surface area contributed by atoms with Gasteiger partial charge in [0.1, 0.15) is 23.0 Å². The topological polar surface area (TPSA) is 260 Å². The standard InChI is InChI=1S/C31H19Cl4N19O/c1-13-21(45-47-27-15(10-36)11-40-51(27)23-16(32)6-4-7-17(23)33)25(37)53(49-13)29-42-30(44-31(55)43-29)54-26(38)22(14(2)50-54)46-48-28-20(39-3)12-41-52(28)24-18(34)8-5-9-19(24)35/h4-9,11-12H,37-38H2,1-2H3,(H,42,43,44,55). The first-order chi connectivity index (χ1) is 26.4. The van der Waals surface area contributed by atoms with Gasteiger partial charge in [-0.05, 0) is 38.1 Å². The van der Waals surface area contributed by atoms with Crippen LogP contribution in [0.1, 0.15) is 17.0 Å². The number of anilines is 2. The zero-order valence-electron chi connectivity index (χ0n) is 27.8. The maximum atomic E-state index is 10.6. The number of aromatic nitrogens is 11. The number of nitrogen functional groups attached to an aromatic ring is 2. The molecule has 55 heavy (non-hydrogen) atoms. The van der Waals surface area contributed by atoms with Crippen molar-refractivity contribution in [2.45, 2.75) is 13.8 Å². The molecule has 0 fully saturated rings. The van der Waals surface area contributed by atoms with Crippen molar-refractivity contribution < 1.29 is 5.11 Å². The fourth-order valence-electron chi connectivity index (χ4n) is 5.09. The van der Waals surface area contributed by atoms with Crippen LogP contribution < -0.4 is 11.5 Å². The highest BCUT2D eigenvalue weighted by molar-refractivity contribution is 6.38. The second kappa shape index (κ2) is 14.5. The number of azo groups is 2. The summed E-state index contributed by atoms with van der Waals surface area (Å²) in [5.74, 6) is -0.629. The van der Waals surface area contributed by atoms with Crippen LogP contribution in [0.2, 0.25) is 20.1 Å². The van der Waals surface area contributed by atoms with E-state index in [4.69, 9.17) is 64.4 Å². The Morgan fingerprint density at radius 1 is 0.709 bits per heavy atom. The van der Waals surface area contributed by atoms with Gasteiger partial charge in [-0.3, -0.25) is 0 Å². The molecule has 272 valence electrons. The maximum absolute atomic E-state index is 10.6. The lowest BCUT2D eigenvalue weighted by molar-refractivity contribution is 0.423. The van der Waals surface area contributed by atoms with Crippen molar-refractivity contribution in [1.29, 1.82) is 5.26 Å². The Hall–Kier alpha value is -6.97. The largest absolute Gasteiger partial charge is 0.479 e. The summed E-state index contributed by atoms with van der Waals surface area (Å²) in [7, 11) is 0. The van der Waals surface area contributed by atoms with Crippen LogP contribution >= 0.6 is 46.4 Å². The Balaban J connectivity index is 1.24. The van der Waals surface area contributed by atoms with E-state index in [0.717, 1.165) is 9.36 Å². The molecule has 0 unspecified atom stereocenters. The van der Waals surface area contributed by atoms with Crippen LogP contribution in [-0.4, -0.2) is 59.2 Å². The normalized spacial score (nSPS) is 11.5. The number of halogens is 4. The summed E-state index contributed by atoms with van der Waals surface area (Å²) in [6.07, 6.45) is 2.58. The third-order valence-corrected chi connectivity index (χ3v) is 8.82. The number of hydrogen-bond acceptors (Lipinski definition) is 15. The summed E-state index contributed by atoms with van der Waals surface area (Å²) in [6, 6.07) is 11.0. The lowest BCUT2D eigenvalue weighted by atomic mass is 10.3. The number of hydrogen-bond donors (Lipinski definition) is 3. The van der Waals surface area contributed by atoms with Gasteiger partial charge in [-0.25, -0.2) is 14.2 Å². The number of aromatic hydroxyl groups is 1. The number of rotatable bonds is 8. The molecule has 2 aromatic carbocycles. The Bertz CT molecular complexity index is 2590. The summed E-state index contributed by atoms with van der Waals surface area (Å²) >= 11 is 25.5. The van der Waals surface area contributed by atoms with E-state index in [-0.39, 0.29) is 95.0 Å². The molecule has 24 heteroatoms. The second-order valence-electron chi connectivity index (χ2n) is 11.0. The number of aryl methyl sites for hydroxylation is 2. The molecule has 0 radical (unpaired) electrons. The van der Waals surface area contributed by atoms with Gasteiger partial charge < -0.3 is 16.6 Å². The molecular formula is C31H19Cl4N19O. The van der Waals surface area contributed by atoms with Crippen LogP contribution in [0.4, 0.5) is 40.3 Å². The van der Waals surface area contributed by atoms with E-state index in [1.54, 1.807) is 50.2 Å². The van der Waals surface area contributed by atoms with E-state index >= 15 is 0 Å². The number of benzene rings is 2. The number of para-hydroxylation sites is 2. The molecule has 0 saturated heterocycles. The summed E-state index contributed by atoms with van der Waals surface area (Å²) < 4.78 is 4.73. The van der Waals surface area contributed by atoms with Crippen LogP contribution in [-0.2, 0) is 0 Å². The molecule has 7 rings (SSSR count). The van der Waals surface area contributed by atoms with Crippen LogP contribution in [0.3, 0.4) is 0 Å². The molecule has 0 amide bonds. The number of nitriles is 1. The third-order valence-electron chi connectivity index (χ3n) is 7.60. The van der Waals surface area contributed by atoms with E-state index in [1.165, 1.54) is 21.8 Å². The van der Waals surface area contributed by atoms with Gasteiger partial charge in [-0.15, -0.1) is 20.5 Å². The first-order valence-electron chi connectivity index (χ1n) is 15.2. The molecule has 0 aliphatic heterocycles. The van der Waals surface area contributed by atoms with Gasteiger partial charge in [0.15, 0.2) is 34.6 Å². The molecular weight excluding hydrogens is 796 g/mol. The highest BCUT2D eigenvalue weighted by atomic mass is 35.5. The average Bonchev–Trinajstić information content (AvgIpc) is 3.89. The third kappa shape index (κ3) is 6.51. The minimum absolute atomic E-state index is 0.0176. The van der Waals surface area contributed by atoms with Crippen LogP contribution in [0, 0.1) is 31.8 Å². The van der Waals surface area contributed by atoms with Gasteiger partial charge in [0, 0.05) is 0 Å². The van der Waals surface area contributed by atoms with Gasteiger partial charge >= 0.3 is 6.01 Å². The highest BCUT2D eigenvalue weighted by Gasteiger charge is 2.23. The Kier molecular flexibility index (Phi) is 9.56. The molecule has 5 N–H and O–H groups in total. The van der Waals surface area contributed by atoms with Gasteiger partial charge in [-0.1, -0.05) is 58.5 Å². The SMILES string of the molecule is [C-]#[N+]c1cnn(-c2c(Cl)cccc2Cl)c1N=Nc1c(C)nn(-c2nc(O)nc(-n3nc(C)c(N=Nc4c(C#N)cnn4-c4c(Cl)cccc4Cl)c3N)n2)c1N. The van der Waals surface area contributed by atoms with Gasteiger partial charge in [0.2, 0.25) is 0 Å². The van der Waals surface area contributed by atoms with Crippen molar-refractivity contribution >= 4 is 86.7 Å². The van der Waals surface area contributed by atoms with Gasteiger partial charge in [-0.2, -0.15) is 50.0 Å². The van der Waals surface area contributed by atoms with Gasteiger partial charge in [0.25, 0.3) is 17.6 Å². The average molecular weight is 815 g/mol.